The highest BCUT2D eigenvalue weighted by molar-refractivity contribution is 9.10. The summed E-state index contributed by atoms with van der Waals surface area (Å²) in [5, 5.41) is 5.12. The topological polar surface area (TPSA) is 4.93 Å². The molecule has 0 bridgehead atoms. The Kier molecular flexibility index (Phi) is 3.00. The number of hydrogen-bond acceptors (Lipinski definition) is 0. The van der Waals surface area contributed by atoms with Crippen LogP contribution < -0.4 is 0 Å². The number of rotatable bonds is 1. The molecule has 1 heterocycles. The number of para-hydroxylation sites is 1. The van der Waals surface area contributed by atoms with Gasteiger partial charge in [0.15, 0.2) is 0 Å². The molecule has 4 aromatic carbocycles. The Morgan fingerprint density at radius 2 is 1.38 bits per heavy atom. The first-order chi connectivity index (χ1) is 11.8. The Balaban J connectivity index is 2.10. The van der Waals surface area contributed by atoms with Crippen LogP contribution in [0.4, 0.5) is 0 Å². The Bertz CT molecular complexity index is 1200. The third-order valence-electron chi connectivity index (χ3n) is 4.63. The SMILES string of the molecule is Brc1ccc2c3ccc4ccccc4c3n(-c3ccccc3)c2c1. The van der Waals surface area contributed by atoms with Gasteiger partial charge in [-0.15, -0.1) is 0 Å². The van der Waals surface area contributed by atoms with Gasteiger partial charge < -0.3 is 4.57 Å². The number of hydrogen-bond donors (Lipinski definition) is 0. The quantitative estimate of drug-likeness (QED) is 0.309. The third kappa shape index (κ3) is 1.93. The van der Waals surface area contributed by atoms with Crippen LogP contribution in [0.2, 0.25) is 0 Å². The fourth-order valence-electron chi connectivity index (χ4n) is 3.60. The molecule has 1 aromatic heterocycles. The van der Waals surface area contributed by atoms with E-state index in [1.807, 2.05) is 0 Å². The zero-order chi connectivity index (χ0) is 16.1. The van der Waals surface area contributed by atoms with Gasteiger partial charge in [0, 0.05) is 26.3 Å². The standard InChI is InChI=1S/C22H14BrN/c23-16-11-13-19-20-12-10-15-6-4-5-9-18(15)22(20)24(21(19)14-16)17-7-2-1-3-8-17/h1-14H. The summed E-state index contributed by atoms with van der Waals surface area (Å²) in [5.41, 5.74) is 3.68. The molecule has 0 atom stereocenters. The summed E-state index contributed by atoms with van der Waals surface area (Å²) in [4.78, 5) is 0. The summed E-state index contributed by atoms with van der Waals surface area (Å²) in [7, 11) is 0. The maximum absolute atomic E-state index is 3.63. The molecule has 1 nitrogen and oxygen atoms in total. The van der Waals surface area contributed by atoms with Gasteiger partial charge in [-0.3, -0.25) is 0 Å². The molecule has 0 aliphatic rings. The van der Waals surface area contributed by atoms with Crippen molar-refractivity contribution in [3.63, 3.8) is 0 Å². The molecule has 0 fully saturated rings. The van der Waals surface area contributed by atoms with E-state index in [-0.39, 0.29) is 0 Å². The lowest BCUT2D eigenvalue weighted by Crippen LogP contribution is -1.93. The van der Waals surface area contributed by atoms with Gasteiger partial charge in [0.2, 0.25) is 0 Å². The van der Waals surface area contributed by atoms with Crippen LogP contribution in [0.25, 0.3) is 38.3 Å². The smallest absolute Gasteiger partial charge is 0.0619 e. The molecule has 2 heteroatoms. The zero-order valence-corrected chi connectivity index (χ0v) is 14.5. The van der Waals surface area contributed by atoms with Gasteiger partial charge >= 0.3 is 0 Å². The fraction of sp³-hybridized carbons (Fsp3) is 0. The molecule has 0 saturated carbocycles. The number of aromatic nitrogens is 1. The zero-order valence-electron chi connectivity index (χ0n) is 12.9. The Morgan fingerprint density at radius 1 is 0.625 bits per heavy atom. The number of nitrogens with zero attached hydrogens (tertiary/aromatic N) is 1. The molecule has 0 aliphatic carbocycles. The second-order valence-corrected chi connectivity index (χ2v) is 6.93. The first-order valence-corrected chi connectivity index (χ1v) is 8.79. The molecule has 24 heavy (non-hydrogen) atoms. The third-order valence-corrected chi connectivity index (χ3v) is 5.12. The van der Waals surface area contributed by atoms with Crippen LogP contribution in [-0.2, 0) is 0 Å². The van der Waals surface area contributed by atoms with Gasteiger partial charge in [0.05, 0.1) is 11.0 Å². The van der Waals surface area contributed by atoms with Crippen LogP contribution in [0.15, 0.2) is 89.4 Å². The van der Waals surface area contributed by atoms with Gasteiger partial charge in [-0.25, -0.2) is 0 Å². The van der Waals surface area contributed by atoms with E-state index < -0.39 is 0 Å². The van der Waals surface area contributed by atoms with Gasteiger partial charge in [-0.1, -0.05) is 76.6 Å². The molecule has 0 N–H and O–H groups in total. The second-order valence-electron chi connectivity index (χ2n) is 6.02. The highest BCUT2D eigenvalue weighted by atomic mass is 79.9. The van der Waals surface area contributed by atoms with E-state index in [0.29, 0.717) is 0 Å². The second kappa shape index (κ2) is 5.22. The predicted octanol–water partition coefficient (Wildman–Crippen LogP) is 6.70. The number of fused-ring (bicyclic) bond motifs is 5. The summed E-state index contributed by atoms with van der Waals surface area (Å²) in [5.74, 6) is 0. The molecule has 0 spiro atoms. The molecule has 5 rings (SSSR count). The minimum absolute atomic E-state index is 1.10. The minimum atomic E-state index is 1.10. The van der Waals surface area contributed by atoms with E-state index in [4.69, 9.17) is 0 Å². The van der Waals surface area contributed by atoms with Crippen LogP contribution in [0.5, 0.6) is 0 Å². The Morgan fingerprint density at radius 3 is 2.25 bits per heavy atom. The maximum atomic E-state index is 3.63. The van der Waals surface area contributed by atoms with E-state index in [1.54, 1.807) is 0 Å². The molecule has 0 saturated heterocycles. The lowest BCUT2D eigenvalue weighted by molar-refractivity contribution is 1.19. The van der Waals surface area contributed by atoms with Crippen molar-refractivity contribution in [2.24, 2.45) is 0 Å². The lowest BCUT2D eigenvalue weighted by atomic mass is 10.1. The first-order valence-electron chi connectivity index (χ1n) is 8.00. The van der Waals surface area contributed by atoms with Crippen molar-refractivity contribution < 1.29 is 0 Å². The van der Waals surface area contributed by atoms with Crippen molar-refractivity contribution in [3.05, 3.63) is 89.4 Å². The Hall–Kier alpha value is -2.58. The summed E-state index contributed by atoms with van der Waals surface area (Å²) in [6.45, 7) is 0. The average molecular weight is 372 g/mol. The Labute approximate surface area is 148 Å². The van der Waals surface area contributed by atoms with Crippen molar-refractivity contribution in [2.45, 2.75) is 0 Å². The molecule has 0 radical (unpaired) electrons. The first kappa shape index (κ1) is 13.8. The molecular formula is C22H14BrN. The van der Waals surface area contributed by atoms with Crippen molar-refractivity contribution in [2.75, 3.05) is 0 Å². The fourth-order valence-corrected chi connectivity index (χ4v) is 3.95. The minimum Gasteiger partial charge on any atom is -0.309 e. The summed E-state index contributed by atoms with van der Waals surface area (Å²) < 4.78 is 3.47. The van der Waals surface area contributed by atoms with Gasteiger partial charge in [0.1, 0.15) is 0 Å². The van der Waals surface area contributed by atoms with Crippen LogP contribution in [0.3, 0.4) is 0 Å². The number of halogens is 1. The van der Waals surface area contributed by atoms with E-state index in [0.717, 1.165) is 4.47 Å². The molecule has 0 unspecified atom stereocenters. The molecule has 0 aliphatic heterocycles. The van der Waals surface area contributed by atoms with Gasteiger partial charge in [-0.2, -0.15) is 0 Å². The predicted molar refractivity (Wildman–Crippen MR) is 106 cm³/mol. The monoisotopic (exact) mass is 371 g/mol. The van der Waals surface area contributed by atoms with Crippen LogP contribution in [0.1, 0.15) is 0 Å². The van der Waals surface area contributed by atoms with Gasteiger partial charge in [-0.05, 0) is 29.7 Å². The molecular weight excluding hydrogens is 358 g/mol. The summed E-state index contributed by atoms with van der Waals surface area (Å²) in [6, 6.07) is 30.2. The van der Waals surface area contributed by atoms with E-state index >= 15 is 0 Å². The maximum Gasteiger partial charge on any atom is 0.0619 e. The van der Waals surface area contributed by atoms with Crippen LogP contribution >= 0.6 is 15.9 Å². The van der Waals surface area contributed by atoms with Crippen molar-refractivity contribution in [3.8, 4) is 5.69 Å². The number of benzene rings is 4. The summed E-state index contributed by atoms with van der Waals surface area (Å²) in [6.07, 6.45) is 0. The van der Waals surface area contributed by atoms with Crippen molar-refractivity contribution >= 4 is 48.5 Å². The lowest BCUT2D eigenvalue weighted by Gasteiger charge is -2.09. The van der Waals surface area contributed by atoms with Crippen LogP contribution in [0, 0.1) is 0 Å². The highest BCUT2D eigenvalue weighted by Gasteiger charge is 2.14. The van der Waals surface area contributed by atoms with E-state index in [2.05, 4.69) is 105 Å². The molecule has 114 valence electrons. The molecule has 5 aromatic rings. The largest absolute Gasteiger partial charge is 0.309 e. The van der Waals surface area contributed by atoms with E-state index in [1.165, 1.54) is 38.3 Å². The van der Waals surface area contributed by atoms with E-state index in [9.17, 15) is 0 Å². The molecule has 0 amide bonds. The summed E-state index contributed by atoms with van der Waals surface area (Å²) >= 11 is 3.63. The van der Waals surface area contributed by atoms with Gasteiger partial charge in [0.25, 0.3) is 0 Å². The normalized spacial score (nSPS) is 11.5. The highest BCUT2D eigenvalue weighted by Crippen LogP contribution is 2.37. The van der Waals surface area contributed by atoms with Crippen molar-refractivity contribution in [1.29, 1.82) is 0 Å². The average Bonchev–Trinajstić information content (AvgIpc) is 2.96. The van der Waals surface area contributed by atoms with Crippen molar-refractivity contribution in [1.82, 2.24) is 4.57 Å². The van der Waals surface area contributed by atoms with Crippen LogP contribution in [-0.4, -0.2) is 4.57 Å².